The molecule has 3 aromatic rings. The van der Waals surface area contributed by atoms with Crippen LogP contribution in [0.1, 0.15) is 22.3 Å². The van der Waals surface area contributed by atoms with Crippen molar-refractivity contribution in [3.63, 3.8) is 0 Å². The fraction of sp³-hybridized carbons (Fsp3) is 0.143. The fourth-order valence-corrected chi connectivity index (χ4v) is 3.31. The number of aromatic nitrogens is 1. The van der Waals surface area contributed by atoms with Crippen molar-refractivity contribution >= 4 is 23.1 Å². The lowest BCUT2D eigenvalue weighted by atomic mass is 10.0. The third-order valence-corrected chi connectivity index (χ3v) is 4.48. The van der Waals surface area contributed by atoms with Gasteiger partial charge in [0.15, 0.2) is 0 Å². The molecule has 1 aromatic heterocycles. The number of aryl methyl sites for hydroxylation is 1. The van der Waals surface area contributed by atoms with E-state index in [1.165, 1.54) is 17.7 Å². The van der Waals surface area contributed by atoms with Gasteiger partial charge in [-0.1, -0.05) is 24.3 Å². The Morgan fingerprint density at radius 1 is 1.08 bits per heavy atom. The molecule has 0 bridgehead atoms. The maximum Gasteiger partial charge on any atom is 0.259 e. The predicted molar refractivity (Wildman–Crippen MR) is 100 cm³/mol. The van der Waals surface area contributed by atoms with Crippen molar-refractivity contribution in [1.82, 2.24) is 4.98 Å². The average Bonchev–Trinajstić information content (AvgIpc) is 2.67. The lowest BCUT2D eigenvalue weighted by Crippen LogP contribution is -2.28. The van der Waals surface area contributed by atoms with Crippen LogP contribution in [0.3, 0.4) is 0 Å². The number of benzene rings is 2. The van der Waals surface area contributed by atoms with Crippen molar-refractivity contribution in [3.8, 4) is 0 Å². The fourth-order valence-electron chi connectivity index (χ4n) is 3.31. The Morgan fingerprint density at radius 2 is 1.96 bits per heavy atom. The van der Waals surface area contributed by atoms with Gasteiger partial charge in [0.25, 0.3) is 5.91 Å². The maximum absolute atomic E-state index is 13.4. The summed E-state index contributed by atoms with van der Waals surface area (Å²) < 4.78 is 13.4. The van der Waals surface area contributed by atoms with Gasteiger partial charge >= 0.3 is 0 Å². The minimum absolute atomic E-state index is 0.304. The van der Waals surface area contributed by atoms with Crippen LogP contribution in [0.15, 0.2) is 66.9 Å². The van der Waals surface area contributed by atoms with Crippen LogP contribution >= 0.6 is 0 Å². The van der Waals surface area contributed by atoms with Crippen LogP contribution in [-0.4, -0.2) is 17.4 Å². The smallest absolute Gasteiger partial charge is 0.259 e. The molecule has 2 aromatic carbocycles. The number of anilines is 3. The van der Waals surface area contributed by atoms with Gasteiger partial charge in [0.05, 0.1) is 5.56 Å². The molecule has 2 heterocycles. The van der Waals surface area contributed by atoms with Crippen LogP contribution in [0.5, 0.6) is 0 Å². The van der Waals surface area contributed by atoms with Crippen molar-refractivity contribution in [2.24, 2.45) is 0 Å². The Balaban J connectivity index is 1.69. The zero-order chi connectivity index (χ0) is 17.9. The van der Waals surface area contributed by atoms with Crippen LogP contribution in [-0.2, 0) is 6.42 Å². The summed E-state index contributed by atoms with van der Waals surface area (Å²) in [5, 5.41) is 2.76. The molecule has 1 N–H and O–H groups in total. The van der Waals surface area contributed by atoms with Crippen LogP contribution in [0, 0.1) is 5.82 Å². The van der Waals surface area contributed by atoms with E-state index >= 15 is 0 Å². The number of nitrogens with zero attached hydrogens (tertiary/aromatic N) is 2. The third-order valence-electron chi connectivity index (χ3n) is 4.48. The number of carbonyl (C=O) groups excluding carboxylic acids is 1. The van der Waals surface area contributed by atoms with Gasteiger partial charge in [0.1, 0.15) is 11.6 Å². The van der Waals surface area contributed by atoms with Crippen molar-refractivity contribution in [2.75, 3.05) is 16.8 Å². The number of hydrogen-bond donors (Lipinski definition) is 1. The lowest BCUT2D eigenvalue weighted by molar-refractivity contribution is 0.102. The van der Waals surface area contributed by atoms with Crippen LogP contribution in [0.4, 0.5) is 21.6 Å². The van der Waals surface area contributed by atoms with Gasteiger partial charge in [-0.2, -0.15) is 0 Å². The van der Waals surface area contributed by atoms with E-state index in [1.54, 1.807) is 30.5 Å². The van der Waals surface area contributed by atoms with Gasteiger partial charge < -0.3 is 10.2 Å². The summed E-state index contributed by atoms with van der Waals surface area (Å²) in [6, 6.07) is 17.5. The quantitative estimate of drug-likeness (QED) is 0.755. The minimum Gasteiger partial charge on any atom is -0.325 e. The lowest BCUT2D eigenvalue weighted by Gasteiger charge is -2.31. The summed E-state index contributed by atoms with van der Waals surface area (Å²) in [4.78, 5) is 19.4. The maximum atomic E-state index is 13.4. The summed E-state index contributed by atoms with van der Waals surface area (Å²) >= 11 is 0. The molecule has 1 aliphatic rings. The van der Waals surface area contributed by atoms with E-state index in [9.17, 15) is 9.18 Å². The predicted octanol–water partition coefficient (Wildman–Crippen LogP) is 4.56. The summed E-state index contributed by atoms with van der Waals surface area (Å²) in [7, 11) is 0. The van der Waals surface area contributed by atoms with Gasteiger partial charge in [-0.05, 0) is 54.8 Å². The van der Waals surface area contributed by atoms with Gasteiger partial charge in [-0.25, -0.2) is 9.37 Å². The second-order valence-corrected chi connectivity index (χ2v) is 6.22. The number of halogens is 1. The molecule has 0 unspecified atom stereocenters. The molecule has 0 saturated carbocycles. The number of para-hydroxylation sites is 1. The molecular weight excluding hydrogens is 329 g/mol. The normalized spacial score (nSPS) is 13.2. The second-order valence-electron chi connectivity index (χ2n) is 6.22. The van der Waals surface area contributed by atoms with E-state index in [1.807, 2.05) is 12.1 Å². The largest absolute Gasteiger partial charge is 0.325 e. The zero-order valence-electron chi connectivity index (χ0n) is 14.2. The molecule has 26 heavy (non-hydrogen) atoms. The number of amides is 1. The molecule has 0 saturated heterocycles. The van der Waals surface area contributed by atoms with Gasteiger partial charge in [0.2, 0.25) is 0 Å². The van der Waals surface area contributed by atoms with E-state index in [0.29, 0.717) is 17.1 Å². The molecular formula is C21H18FN3O. The van der Waals surface area contributed by atoms with Crippen molar-refractivity contribution in [3.05, 3.63) is 83.8 Å². The topological polar surface area (TPSA) is 45.2 Å². The molecule has 0 aliphatic carbocycles. The van der Waals surface area contributed by atoms with Crippen LogP contribution in [0.25, 0.3) is 0 Å². The van der Waals surface area contributed by atoms with E-state index in [-0.39, 0.29) is 11.7 Å². The molecule has 0 spiro atoms. The molecule has 1 amide bonds. The number of carbonyl (C=O) groups is 1. The summed E-state index contributed by atoms with van der Waals surface area (Å²) in [5.74, 6) is -0.0746. The van der Waals surface area contributed by atoms with Crippen molar-refractivity contribution < 1.29 is 9.18 Å². The highest BCUT2D eigenvalue weighted by molar-refractivity contribution is 6.08. The highest BCUT2D eigenvalue weighted by atomic mass is 19.1. The highest BCUT2D eigenvalue weighted by Crippen LogP contribution is 2.34. The second kappa shape index (κ2) is 6.96. The van der Waals surface area contributed by atoms with Gasteiger partial charge in [0, 0.05) is 24.1 Å². The first-order chi connectivity index (χ1) is 12.7. The molecule has 4 nitrogen and oxygen atoms in total. The molecule has 0 atom stereocenters. The van der Waals surface area contributed by atoms with E-state index in [2.05, 4.69) is 27.3 Å². The summed E-state index contributed by atoms with van der Waals surface area (Å²) in [6.45, 7) is 0.800. The molecule has 1 aliphatic heterocycles. The zero-order valence-corrected chi connectivity index (χ0v) is 14.2. The number of fused-ring (bicyclic) bond motifs is 1. The van der Waals surface area contributed by atoms with Gasteiger partial charge in [-0.15, -0.1) is 0 Å². The Hall–Kier alpha value is -3.21. The monoisotopic (exact) mass is 347 g/mol. The average molecular weight is 347 g/mol. The number of rotatable bonds is 3. The summed E-state index contributed by atoms with van der Waals surface area (Å²) in [6.07, 6.45) is 3.70. The number of pyridine rings is 1. The highest BCUT2D eigenvalue weighted by Gasteiger charge is 2.23. The van der Waals surface area contributed by atoms with E-state index in [0.717, 1.165) is 25.1 Å². The third kappa shape index (κ3) is 3.16. The number of nitrogens with one attached hydrogen (secondary N) is 1. The van der Waals surface area contributed by atoms with E-state index in [4.69, 9.17) is 0 Å². The molecule has 0 fully saturated rings. The Morgan fingerprint density at radius 3 is 2.85 bits per heavy atom. The SMILES string of the molecule is O=C(Nc1cccc(F)c1)c1cccnc1N1CCCc2ccccc21. The minimum atomic E-state index is -0.390. The number of hydrogen-bond acceptors (Lipinski definition) is 3. The first-order valence-electron chi connectivity index (χ1n) is 8.60. The van der Waals surface area contributed by atoms with Crippen LogP contribution in [0.2, 0.25) is 0 Å². The molecule has 0 radical (unpaired) electrons. The van der Waals surface area contributed by atoms with Crippen molar-refractivity contribution in [2.45, 2.75) is 12.8 Å². The van der Waals surface area contributed by atoms with E-state index < -0.39 is 0 Å². The Kier molecular flexibility index (Phi) is 4.35. The van der Waals surface area contributed by atoms with Gasteiger partial charge in [-0.3, -0.25) is 4.79 Å². The Bertz CT molecular complexity index is 957. The standard InChI is InChI=1S/C21H18FN3O/c22-16-8-3-9-17(14-16)24-21(26)18-10-4-12-23-20(18)25-13-5-7-15-6-1-2-11-19(15)25/h1-4,6,8-12,14H,5,7,13H2,(H,24,26). The van der Waals surface area contributed by atoms with Crippen LogP contribution < -0.4 is 10.2 Å². The first kappa shape index (κ1) is 16.3. The molecule has 5 heteroatoms. The van der Waals surface area contributed by atoms with Crippen molar-refractivity contribution in [1.29, 1.82) is 0 Å². The molecule has 4 rings (SSSR count). The first-order valence-corrected chi connectivity index (χ1v) is 8.60. The Labute approximate surface area is 151 Å². The summed E-state index contributed by atoms with van der Waals surface area (Å²) in [5.41, 5.74) is 3.22. The molecule has 130 valence electrons.